The fraction of sp³-hybridized carbons (Fsp3) is 0.727. The van der Waals surface area contributed by atoms with Crippen LogP contribution in [0.25, 0.3) is 0 Å². The molecule has 1 aliphatic rings. The third kappa shape index (κ3) is 1.81. The first kappa shape index (κ1) is 11.1. The Kier molecular flexibility index (Phi) is 2.94. The molecule has 0 saturated carbocycles. The van der Waals surface area contributed by atoms with Gasteiger partial charge in [0.15, 0.2) is 0 Å². The van der Waals surface area contributed by atoms with Crippen LogP contribution in [0.15, 0.2) is 0 Å². The third-order valence-corrected chi connectivity index (χ3v) is 3.38. The van der Waals surface area contributed by atoms with Crippen molar-refractivity contribution in [1.29, 1.82) is 0 Å². The molecule has 1 aromatic heterocycles. The van der Waals surface area contributed by atoms with E-state index in [4.69, 9.17) is 5.11 Å². The molecule has 5 heteroatoms. The van der Waals surface area contributed by atoms with Crippen LogP contribution in [0.4, 0.5) is 0 Å². The maximum Gasteiger partial charge on any atom is 0.308 e. The molecular formula is C11H17N3O2. The summed E-state index contributed by atoms with van der Waals surface area (Å²) in [5.74, 6) is 1.21. The van der Waals surface area contributed by atoms with E-state index in [-0.39, 0.29) is 5.92 Å². The van der Waals surface area contributed by atoms with E-state index >= 15 is 0 Å². The number of carbonyl (C=O) groups is 1. The number of nitrogens with zero attached hydrogens (tertiary/aromatic N) is 3. The van der Waals surface area contributed by atoms with Gasteiger partial charge in [0.25, 0.3) is 0 Å². The van der Waals surface area contributed by atoms with Crippen LogP contribution in [0.2, 0.25) is 0 Å². The van der Waals surface area contributed by atoms with Crippen molar-refractivity contribution in [3.8, 4) is 0 Å². The first-order valence-corrected chi connectivity index (χ1v) is 5.78. The number of carboxylic acid groups (broad SMARTS) is 1. The average Bonchev–Trinajstić information content (AvgIpc) is 2.70. The second-order valence-electron chi connectivity index (χ2n) is 4.47. The van der Waals surface area contributed by atoms with Crippen molar-refractivity contribution < 1.29 is 9.90 Å². The number of hydrogen-bond donors (Lipinski definition) is 1. The lowest BCUT2D eigenvalue weighted by molar-refractivity contribution is -0.142. The SMILES string of the molecule is CCC(C)c1nnc2n1CC(C(=O)O)CC2. The summed E-state index contributed by atoms with van der Waals surface area (Å²) in [4.78, 5) is 11.0. The second-order valence-corrected chi connectivity index (χ2v) is 4.47. The van der Waals surface area contributed by atoms with E-state index in [1.807, 2.05) is 4.57 Å². The largest absolute Gasteiger partial charge is 0.481 e. The van der Waals surface area contributed by atoms with E-state index < -0.39 is 5.97 Å². The first-order valence-electron chi connectivity index (χ1n) is 5.78. The van der Waals surface area contributed by atoms with Gasteiger partial charge in [-0.25, -0.2) is 0 Å². The Hall–Kier alpha value is -1.39. The smallest absolute Gasteiger partial charge is 0.308 e. The molecule has 0 aromatic carbocycles. The molecule has 16 heavy (non-hydrogen) atoms. The minimum absolute atomic E-state index is 0.286. The monoisotopic (exact) mass is 223 g/mol. The minimum Gasteiger partial charge on any atom is -0.481 e. The number of aromatic nitrogens is 3. The minimum atomic E-state index is -0.713. The van der Waals surface area contributed by atoms with Gasteiger partial charge in [0.2, 0.25) is 0 Å². The summed E-state index contributed by atoms with van der Waals surface area (Å²) in [7, 11) is 0. The molecule has 1 N–H and O–H groups in total. The Morgan fingerprint density at radius 3 is 3.00 bits per heavy atom. The van der Waals surface area contributed by atoms with Gasteiger partial charge in [0.1, 0.15) is 11.6 Å². The van der Waals surface area contributed by atoms with Crippen LogP contribution in [0, 0.1) is 5.92 Å². The van der Waals surface area contributed by atoms with E-state index in [0.29, 0.717) is 18.9 Å². The first-order chi connectivity index (χ1) is 7.63. The molecule has 0 fully saturated rings. The topological polar surface area (TPSA) is 68.0 Å². The van der Waals surface area contributed by atoms with E-state index in [0.717, 1.165) is 24.5 Å². The maximum absolute atomic E-state index is 11.0. The molecule has 0 spiro atoms. The van der Waals surface area contributed by atoms with Gasteiger partial charge in [0.05, 0.1) is 5.92 Å². The van der Waals surface area contributed by atoms with E-state index in [2.05, 4.69) is 24.0 Å². The molecular weight excluding hydrogens is 206 g/mol. The van der Waals surface area contributed by atoms with E-state index in [1.54, 1.807) is 0 Å². The van der Waals surface area contributed by atoms with Gasteiger partial charge in [-0.05, 0) is 12.8 Å². The van der Waals surface area contributed by atoms with Crippen LogP contribution in [-0.2, 0) is 17.8 Å². The number of aliphatic carboxylic acids is 1. The Labute approximate surface area is 94.5 Å². The number of rotatable bonds is 3. The highest BCUT2D eigenvalue weighted by atomic mass is 16.4. The molecule has 1 aromatic rings. The lowest BCUT2D eigenvalue weighted by atomic mass is 9.98. The zero-order valence-corrected chi connectivity index (χ0v) is 9.68. The van der Waals surface area contributed by atoms with Gasteiger partial charge in [-0.1, -0.05) is 13.8 Å². The summed E-state index contributed by atoms with van der Waals surface area (Å²) < 4.78 is 2.00. The second kappa shape index (κ2) is 4.23. The quantitative estimate of drug-likeness (QED) is 0.841. The standard InChI is InChI=1S/C11H17N3O2/c1-3-7(2)10-13-12-9-5-4-8(11(15)16)6-14(9)10/h7-8H,3-6H2,1-2H3,(H,15,16). The van der Waals surface area contributed by atoms with Gasteiger partial charge < -0.3 is 9.67 Å². The number of carboxylic acids is 1. The summed E-state index contributed by atoms with van der Waals surface area (Å²) in [6.45, 7) is 4.73. The molecule has 2 rings (SSSR count). The molecule has 0 radical (unpaired) electrons. The summed E-state index contributed by atoms with van der Waals surface area (Å²) in [6.07, 6.45) is 2.39. The zero-order valence-electron chi connectivity index (χ0n) is 9.68. The molecule has 0 saturated heterocycles. The summed E-state index contributed by atoms with van der Waals surface area (Å²) in [5, 5.41) is 17.4. The van der Waals surface area contributed by atoms with Gasteiger partial charge in [-0.3, -0.25) is 4.79 Å². The summed E-state index contributed by atoms with van der Waals surface area (Å²) in [5.41, 5.74) is 0. The Balaban J connectivity index is 2.27. The van der Waals surface area contributed by atoms with Crippen LogP contribution >= 0.6 is 0 Å². The summed E-state index contributed by atoms with van der Waals surface area (Å²) in [6, 6.07) is 0. The van der Waals surface area contributed by atoms with Gasteiger partial charge in [0, 0.05) is 18.9 Å². The van der Waals surface area contributed by atoms with Crippen LogP contribution in [-0.4, -0.2) is 25.8 Å². The van der Waals surface area contributed by atoms with Crippen LogP contribution in [0.5, 0.6) is 0 Å². The van der Waals surface area contributed by atoms with Crippen LogP contribution < -0.4 is 0 Å². The van der Waals surface area contributed by atoms with E-state index in [1.165, 1.54) is 0 Å². The molecule has 88 valence electrons. The lowest BCUT2D eigenvalue weighted by Crippen LogP contribution is -2.28. The number of hydrogen-bond acceptors (Lipinski definition) is 3. The Morgan fingerprint density at radius 2 is 2.38 bits per heavy atom. The van der Waals surface area contributed by atoms with E-state index in [9.17, 15) is 4.79 Å². The Morgan fingerprint density at radius 1 is 1.62 bits per heavy atom. The van der Waals surface area contributed by atoms with Crippen molar-refractivity contribution in [2.45, 2.75) is 45.6 Å². The molecule has 1 aliphatic heterocycles. The van der Waals surface area contributed by atoms with Crippen molar-refractivity contribution in [1.82, 2.24) is 14.8 Å². The van der Waals surface area contributed by atoms with Crippen LogP contribution in [0.3, 0.4) is 0 Å². The van der Waals surface area contributed by atoms with Gasteiger partial charge >= 0.3 is 5.97 Å². The molecule has 2 atom stereocenters. The third-order valence-electron chi connectivity index (χ3n) is 3.38. The molecule has 5 nitrogen and oxygen atoms in total. The van der Waals surface area contributed by atoms with Gasteiger partial charge in [-0.15, -0.1) is 10.2 Å². The zero-order chi connectivity index (χ0) is 11.7. The highest BCUT2D eigenvalue weighted by molar-refractivity contribution is 5.70. The van der Waals surface area contributed by atoms with Crippen molar-refractivity contribution in [3.05, 3.63) is 11.6 Å². The normalized spacial score (nSPS) is 21.5. The molecule has 0 aliphatic carbocycles. The van der Waals surface area contributed by atoms with Crippen LogP contribution in [0.1, 0.15) is 44.3 Å². The fourth-order valence-electron chi connectivity index (χ4n) is 2.10. The Bertz CT molecular complexity index is 400. The number of aryl methyl sites for hydroxylation is 1. The highest BCUT2D eigenvalue weighted by Crippen LogP contribution is 2.24. The van der Waals surface area contributed by atoms with Crippen molar-refractivity contribution in [2.24, 2.45) is 5.92 Å². The fourth-order valence-corrected chi connectivity index (χ4v) is 2.10. The average molecular weight is 223 g/mol. The van der Waals surface area contributed by atoms with Gasteiger partial charge in [-0.2, -0.15) is 0 Å². The highest BCUT2D eigenvalue weighted by Gasteiger charge is 2.28. The summed E-state index contributed by atoms with van der Waals surface area (Å²) >= 11 is 0. The molecule has 0 amide bonds. The predicted octanol–water partition coefficient (Wildman–Crippen LogP) is 1.44. The van der Waals surface area contributed by atoms with Crippen molar-refractivity contribution >= 4 is 5.97 Å². The maximum atomic E-state index is 11.0. The lowest BCUT2D eigenvalue weighted by Gasteiger charge is -2.22. The predicted molar refractivity (Wildman–Crippen MR) is 58.2 cm³/mol. The number of fused-ring (bicyclic) bond motifs is 1. The van der Waals surface area contributed by atoms with Crippen molar-refractivity contribution in [2.75, 3.05) is 0 Å². The molecule has 2 heterocycles. The molecule has 0 bridgehead atoms. The van der Waals surface area contributed by atoms with Crippen molar-refractivity contribution in [3.63, 3.8) is 0 Å². The molecule has 2 unspecified atom stereocenters.